The number of nitrogens with one attached hydrogen (secondary N) is 1. The van der Waals surface area contributed by atoms with Crippen LogP contribution in [0.2, 0.25) is 0 Å². The first-order valence-electron chi connectivity index (χ1n) is 7.20. The van der Waals surface area contributed by atoms with E-state index in [4.69, 9.17) is 4.74 Å². The molecule has 0 heterocycles. The lowest BCUT2D eigenvalue weighted by Crippen LogP contribution is -2.40. The van der Waals surface area contributed by atoms with Crippen LogP contribution in [-0.2, 0) is 16.6 Å². The summed E-state index contributed by atoms with van der Waals surface area (Å²) in [6.07, 6.45) is 0.994. The highest BCUT2D eigenvalue weighted by Gasteiger charge is 2.25. The lowest BCUT2D eigenvalue weighted by Gasteiger charge is -2.22. The summed E-state index contributed by atoms with van der Waals surface area (Å²) in [5.74, 6) is 0.765. The molecule has 0 bridgehead atoms. The molecule has 1 aromatic rings. The van der Waals surface area contributed by atoms with Crippen molar-refractivity contribution in [2.24, 2.45) is 0 Å². The highest BCUT2D eigenvalue weighted by atomic mass is 32.2. The largest absolute Gasteiger partial charge is 0.497 e. The Morgan fingerprint density at radius 3 is 2.43 bits per heavy atom. The van der Waals surface area contributed by atoms with Gasteiger partial charge in [-0.2, -0.15) is 0 Å². The van der Waals surface area contributed by atoms with Gasteiger partial charge in [0.15, 0.2) is 0 Å². The molecular formula is C15H26N2O3S. The van der Waals surface area contributed by atoms with Crippen molar-refractivity contribution >= 4 is 10.0 Å². The Kier molecular flexibility index (Phi) is 7.14. The Hall–Kier alpha value is -1.11. The minimum absolute atomic E-state index is 0.366. The summed E-state index contributed by atoms with van der Waals surface area (Å²) in [5, 5.41) is 2.71. The molecule has 0 aromatic heterocycles. The normalized spacial score (nSPS) is 13.4. The van der Waals surface area contributed by atoms with Crippen molar-refractivity contribution in [3.8, 4) is 5.75 Å². The Labute approximate surface area is 128 Å². The van der Waals surface area contributed by atoms with E-state index in [-0.39, 0.29) is 0 Å². The molecule has 1 aromatic carbocycles. The second-order valence-corrected chi connectivity index (χ2v) is 7.62. The van der Waals surface area contributed by atoms with E-state index in [0.717, 1.165) is 24.3 Å². The summed E-state index contributed by atoms with van der Waals surface area (Å²) in [4.78, 5) is 0. The number of ether oxygens (including phenoxy) is 1. The fourth-order valence-electron chi connectivity index (χ4n) is 1.97. The van der Waals surface area contributed by atoms with E-state index in [1.54, 1.807) is 21.1 Å². The third-order valence-electron chi connectivity index (χ3n) is 3.37. The molecule has 21 heavy (non-hydrogen) atoms. The predicted molar refractivity (Wildman–Crippen MR) is 86.0 cm³/mol. The summed E-state index contributed by atoms with van der Waals surface area (Å²) in [6, 6.07) is 7.43. The smallest absolute Gasteiger partial charge is 0.218 e. The van der Waals surface area contributed by atoms with Gasteiger partial charge in [0.1, 0.15) is 5.75 Å². The van der Waals surface area contributed by atoms with Crippen LogP contribution >= 0.6 is 0 Å². The summed E-state index contributed by atoms with van der Waals surface area (Å²) < 4.78 is 31.3. The monoisotopic (exact) mass is 314 g/mol. The number of hydrogen-bond donors (Lipinski definition) is 1. The van der Waals surface area contributed by atoms with E-state index in [0.29, 0.717) is 13.1 Å². The standard InChI is InChI=1S/C15H26N2O3S/c1-5-10-16-11-13(2)21(18,19)17(3)12-14-6-8-15(20-4)9-7-14/h6-9,13,16H,5,10-12H2,1-4H3. The van der Waals surface area contributed by atoms with Crippen LogP contribution in [0, 0.1) is 0 Å². The van der Waals surface area contributed by atoms with Gasteiger partial charge in [0, 0.05) is 20.1 Å². The van der Waals surface area contributed by atoms with Crippen LogP contribution < -0.4 is 10.1 Å². The van der Waals surface area contributed by atoms with Crippen LogP contribution in [-0.4, -0.2) is 45.2 Å². The summed E-state index contributed by atoms with van der Waals surface area (Å²) in [5.41, 5.74) is 0.940. The van der Waals surface area contributed by atoms with Gasteiger partial charge in [-0.25, -0.2) is 12.7 Å². The van der Waals surface area contributed by atoms with Crippen molar-refractivity contribution in [1.82, 2.24) is 9.62 Å². The van der Waals surface area contributed by atoms with Crippen molar-refractivity contribution in [3.63, 3.8) is 0 Å². The lowest BCUT2D eigenvalue weighted by molar-refractivity contribution is 0.414. The molecule has 0 saturated carbocycles. The fraction of sp³-hybridized carbons (Fsp3) is 0.600. The van der Waals surface area contributed by atoms with Gasteiger partial charge in [0.05, 0.1) is 12.4 Å². The van der Waals surface area contributed by atoms with Gasteiger partial charge in [-0.05, 0) is 37.6 Å². The maximum Gasteiger partial charge on any atom is 0.218 e. The zero-order valence-corrected chi connectivity index (χ0v) is 14.1. The molecule has 120 valence electrons. The maximum atomic E-state index is 12.4. The topological polar surface area (TPSA) is 58.6 Å². The minimum Gasteiger partial charge on any atom is -0.497 e. The van der Waals surface area contributed by atoms with Gasteiger partial charge >= 0.3 is 0 Å². The molecule has 1 atom stereocenters. The average Bonchev–Trinajstić information content (AvgIpc) is 2.48. The third-order valence-corrected chi connectivity index (χ3v) is 5.55. The van der Waals surface area contributed by atoms with Gasteiger partial charge in [-0.15, -0.1) is 0 Å². The van der Waals surface area contributed by atoms with E-state index in [1.165, 1.54) is 4.31 Å². The van der Waals surface area contributed by atoms with Gasteiger partial charge in [0.25, 0.3) is 0 Å². The van der Waals surface area contributed by atoms with Crippen LogP contribution in [0.1, 0.15) is 25.8 Å². The Bertz CT molecular complexity index is 514. The molecule has 0 spiro atoms. The quantitative estimate of drug-likeness (QED) is 0.707. The van der Waals surface area contributed by atoms with Crippen molar-refractivity contribution in [1.29, 1.82) is 0 Å². The van der Waals surface area contributed by atoms with E-state index >= 15 is 0 Å². The summed E-state index contributed by atoms with van der Waals surface area (Å²) in [7, 11) is -0.0651. The number of rotatable bonds is 9. The van der Waals surface area contributed by atoms with Gasteiger partial charge in [-0.1, -0.05) is 19.1 Å². The van der Waals surface area contributed by atoms with E-state index in [9.17, 15) is 8.42 Å². The highest BCUT2D eigenvalue weighted by molar-refractivity contribution is 7.89. The first kappa shape index (κ1) is 17.9. The summed E-state index contributed by atoms with van der Waals surface area (Å²) in [6.45, 7) is 5.47. The number of sulfonamides is 1. The molecule has 0 radical (unpaired) electrons. The Morgan fingerprint density at radius 2 is 1.90 bits per heavy atom. The van der Waals surface area contributed by atoms with Crippen LogP contribution in [0.4, 0.5) is 0 Å². The zero-order chi connectivity index (χ0) is 15.9. The maximum absolute atomic E-state index is 12.4. The van der Waals surface area contributed by atoms with Crippen molar-refractivity contribution in [2.45, 2.75) is 32.1 Å². The zero-order valence-electron chi connectivity index (χ0n) is 13.3. The first-order chi connectivity index (χ1) is 9.91. The first-order valence-corrected chi connectivity index (χ1v) is 8.71. The molecule has 1 rings (SSSR count). The van der Waals surface area contributed by atoms with Gasteiger partial charge < -0.3 is 10.1 Å². The highest BCUT2D eigenvalue weighted by Crippen LogP contribution is 2.15. The molecule has 1 N–H and O–H groups in total. The van der Waals surface area contributed by atoms with Crippen LogP contribution in [0.15, 0.2) is 24.3 Å². The second kappa shape index (κ2) is 8.36. The molecule has 5 nitrogen and oxygen atoms in total. The van der Waals surface area contributed by atoms with E-state index in [2.05, 4.69) is 12.2 Å². The van der Waals surface area contributed by atoms with Crippen molar-refractivity contribution < 1.29 is 13.2 Å². The molecule has 1 unspecified atom stereocenters. The average molecular weight is 314 g/mol. The molecule has 0 fully saturated rings. The Balaban J connectivity index is 2.64. The molecule has 6 heteroatoms. The predicted octanol–water partition coefficient (Wildman–Crippen LogP) is 1.84. The molecule has 0 saturated heterocycles. The molecule has 0 aliphatic heterocycles. The van der Waals surface area contributed by atoms with Gasteiger partial charge in [0.2, 0.25) is 10.0 Å². The lowest BCUT2D eigenvalue weighted by atomic mass is 10.2. The third kappa shape index (κ3) is 5.30. The molecule has 0 aliphatic rings. The molecule has 0 amide bonds. The van der Waals surface area contributed by atoms with Gasteiger partial charge in [-0.3, -0.25) is 0 Å². The minimum atomic E-state index is -3.29. The number of benzene rings is 1. The van der Waals surface area contributed by atoms with Crippen molar-refractivity contribution in [2.75, 3.05) is 27.2 Å². The number of nitrogens with zero attached hydrogens (tertiary/aromatic N) is 1. The van der Waals surface area contributed by atoms with Crippen molar-refractivity contribution in [3.05, 3.63) is 29.8 Å². The molecule has 0 aliphatic carbocycles. The second-order valence-electron chi connectivity index (χ2n) is 5.16. The van der Waals surface area contributed by atoms with Crippen LogP contribution in [0.25, 0.3) is 0 Å². The number of hydrogen-bond acceptors (Lipinski definition) is 4. The van der Waals surface area contributed by atoms with E-state index < -0.39 is 15.3 Å². The number of methoxy groups -OCH3 is 1. The summed E-state index contributed by atoms with van der Waals surface area (Å²) >= 11 is 0. The fourth-order valence-corrected chi connectivity index (χ4v) is 3.24. The van der Waals surface area contributed by atoms with E-state index in [1.807, 2.05) is 24.3 Å². The van der Waals surface area contributed by atoms with Crippen LogP contribution in [0.3, 0.4) is 0 Å². The van der Waals surface area contributed by atoms with Crippen LogP contribution in [0.5, 0.6) is 5.75 Å². The SMILES string of the molecule is CCCNCC(C)S(=O)(=O)N(C)Cc1ccc(OC)cc1. The molecular weight excluding hydrogens is 288 g/mol. The Morgan fingerprint density at radius 1 is 1.29 bits per heavy atom.